The van der Waals surface area contributed by atoms with Crippen molar-refractivity contribution in [2.45, 2.75) is 49.4 Å². The van der Waals surface area contributed by atoms with E-state index in [1.54, 1.807) is 6.92 Å². The van der Waals surface area contributed by atoms with Crippen LogP contribution in [0.15, 0.2) is 34.1 Å². The maximum absolute atomic E-state index is 12.3. The van der Waals surface area contributed by atoms with Crippen LogP contribution in [0.2, 0.25) is 0 Å². The van der Waals surface area contributed by atoms with Crippen LogP contribution >= 0.6 is 0 Å². The van der Waals surface area contributed by atoms with Gasteiger partial charge in [-0.05, 0) is 43.9 Å². The van der Waals surface area contributed by atoms with E-state index in [0.29, 0.717) is 5.92 Å². The van der Waals surface area contributed by atoms with Gasteiger partial charge < -0.3 is 0 Å². The molecule has 1 aromatic rings. The van der Waals surface area contributed by atoms with Crippen molar-refractivity contribution in [2.24, 2.45) is 5.92 Å². The average molecular weight is 333 g/mol. The summed E-state index contributed by atoms with van der Waals surface area (Å²) in [5.74, 6) is 0.505. The Bertz CT molecular complexity index is 679. The Balaban J connectivity index is 2.93. The molecule has 0 heterocycles. The lowest BCUT2D eigenvalue weighted by Gasteiger charge is -2.15. The van der Waals surface area contributed by atoms with Crippen molar-refractivity contribution in [1.29, 1.82) is 0 Å². The van der Waals surface area contributed by atoms with E-state index in [-0.39, 0.29) is 15.8 Å². The summed E-state index contributed by atoms with van der Waals surface area (Å²) in [7, 11) is -7.13. The summed E-state index contributed by atoms with van der Waals surface area (Å²) in [5.41, 5.74) is 0. The molecule has 0 fully saturated rings. The molecule has 0 spiro atoms. The zero-order valence-corrected chi connectivity index (χ0v) is 14.5. The summed E-state index contributed by atoms with van der Waals surface area (Å²) in [5, 5.41) is 0. The Hall–Kier alpha value is -0.920. The molecule has 21 heavy (non-hydrogen) atoms. The van der Waals surface area contributed by atoms with E-state index in [4.69, 9.17) is 0 Å². The molecule has 7 heteroatoms. The highest BCUT2D eigenvalue weighted by atomic mass is 32.2. The van der Waals surface area contributed by atoms with Gasteiger partial charge in [0.15, 0.2) is 9.84 Å². The molecular weight excluding hydrogens is 310 g/mol. The SMILES string of the molecule is CC(C)CCC(C)NS(=O)(=O)c1cccc(S(C)(=O)=O)c1. The molecular formula is C14H23NO4S2. The summed E-state index contributed by atoms with van der Waals surface area (Å²) in [6.07, 6.45) is 2.72. The molecule has 1 aromatic carbocycles. The first kappa shape index (κ1) is 18.1. The molecule has 0 saturated heterocycles. The van der Waals surface area contributed by atoms with E-state index in [1.807, 2.05) is 0 Å². The molecule has 5 nitrogen and oxygen atoms in total. The molecule has 0 saturated carbocycles. The van der Waals surface area contributed by atoms with Crippen LogP contribution < -0.4 is 4.72 Å². The topological polar surface area (TPSA) is 80.3 Å². The van der Waals surface area contributed by atoms with Crippen molar-refractivity contribution >= 4 is 19.9 Å². The lowest BCUT2D eigenvalue weighted by Crippen LogP contribution is -2.32. The fraction of sp³-hybridized carbons (Fsp3) is 0.571. The van der Waals surface area contributed by atoms with Gasteiger partial charge in [-0.15, -0.1) is 0 Å². The minimum absolute atomic E-state index is 0.000193. The van der Waals surface area contributed by atoms with Crippen LogP contribution in [0.25, 0.3) is 0 Å². The Morgan fingerprint density at radius 1 is 1.00 bits per heavy atom. The first-order chi connectivity index (χ1) is 9.52. The zero-order valence-electron chi connectivity index (χ0n) is 12.8. The van der Waals surface area contributed by atoms with Gasteiger partial charge in [0.05, 0.1) is 9.79 Å². The van der Waals surface area contributed by atoms with Gasteiger partial charge in [0.2, 0.25) is 10.0 Å². The minimum atomic E-state index is -3.70. The van der Waals surface area contributed by atoms with Gasteiger partial charge in [-0.25, -0.2) is 21.6 Å². The number of hydrogen-bond donors (Lipinski definition) is 1. The molecule has 120 valence electrons. The van der Waals surface area contributed by atoms with Gasteiger partial charge in [-0.1, -0.05) is 19.9 Å². The number of sulfone groups is 1. The minimum Gasteiger partial charge on any atom is -0.224 e. The number of nitrogens with one attached hydrogen (secondary N) is 1. The summed E-state index contributed by atoms with van der Waals surface area (Å²) in [4.78, 5) is -0.0259. The molecule has 0 bridgehead atoms. The van der Waals surface area contributed by atoms with E-state index in [9.17, 15) is 16.8 Å². The van der Waals surface area contributed by atoms with Crippen LogP contribution in [0.5, 0.6) is 0 Å². The summed E-state index contributed by atoms with van der Waals surface area (Å²) in [6, 6.07) is 5.21. The van der Waals surface area contributed by atoms with Gasteiger partial charge in [-0.2, -0.15) is 0 Å². The van der Waals surface area contributed by atoms with Crippen LogP contribution in [0, 0.1) is 5.92 Å². The van der Waals surface area contributed by atoms with Gasteiger partial charge in [0, 0.05) is 12.3 Å². The second-order valence-corrected chi connectivity index (χ2v) is 9.47. The summed E-state index contributed by atoms with van der Waals surface area (Å²) >= 11 is 0. The highest BCUT2D eigenvalue weighted by molar-refractivity contribution is 7.91. The lowest BCUT2D eigenvalue weighted by atomic mass is 10.1. The zero-order chi connectivity index (χ0) is 16.3. The maximum atomic E-state index is 12.3. The summed E-state index contributed by atoms with van der Waals surface area (Å²) < 4.78 is 50.1. The van der Waals surface area contributed by atoms with E-state index >= 15 is 0 Å². The largest absolute Gasteiger partial charge is 0.240 e. The number of benzene rings is 1. The van der Waals surface area contributed by atoms with Crippen molar-refractivity contribution in [3.63, 3.8) is 0 Å². The van der Waals surface area contributed by atoms with E-state index in [1.165, 1.54) is 24.3 Å². The number of rotatable bonds is 7. The predicted octanol–water partition coefficient (Wildman–Crippen LogP) is 2.19. The van der Waals surface area contributed by atoms with Crippen molar-refractivity contribution in [1.82, 2.24) is 4.72 Å². The Kier molecular flexibility index (Phi) is 5.95. The van der Waals surface area contributed by atoms with Crippen molar-refractivity contribution < 1.29 is 16.8 Å². The fourth-order valence-electron chi connectivity index (χ4n) is 1.85. The number of hydrogen-bond acceptors (Lipinski definition) is 4. The van der Waals surface area contributed by atoms with E-state index < -0.39 is 19.9 Å². The van der Waals surface area contributed by atoms with Crippen LogP contribution in [-0.4, -0.2) is 29.1 Å². The average Bonchev–Trinajstić information content (AvgIpc) is 2.35. The molecule has 1 unspecified atom stereocenters. The van der Waals surface area contributed by atoms with E-state index in [2.05, 4.69) is 18.6 Å². The fourth-order valence-corrected chi connectivity index (χ4v) is 3.91. The molecule has 1 N–H and O–H groups in total. The van der Waals surface area contributed by atoms with Crippen molar-refractivity contribution in [3.8, 4) is 0 Å². The first-order valence-corrected chi connectivity index (χ1v) is 10.2. The van der Waals surface area contributed by atoms with Crippen LogP contribution in [0.3, 0.4) is 0 Å². The molecule has 1 rings (SSSR count). The van der Waals surface area contributed by atoms with Crippen molar-refractivity contribution in [2.75, 3.05) is 6.26 Å². The monoisotopic (exact) mass is 333 g/mol. The molecule has 1 atom stereocenters. The van der Waals surface area contributed by atoms with E-state index in [0.717, 1.165) is 19.1 Å². The third-order valence-electron chi connectivity index (χ3n) is 3.08. The second kappa shape index (κ2) is 6.89. The van der Waals surface area contributed by atoms with Crippen LogP contribution in [0.4, 0.5) is 0 Å². The smallest absolute Gasteiger partial charge is 0.224 e. The van der Waals surface area contributed by atoms with Gasteiger partial charge in [0.25, 0.3) is 0 Å². The molecule has 0 amide bonds. The highest BCUT2D eigenvalue weighted by Crippen LogP contribution is 2.17. The van der Waals surface area contributed by atoms with Crippen LogP contribution in [-0.2, 0) is 19.9 Å². The normalized spacial score (nSPS) is 14.3. The number of sulfonamides is 1. The Morgan fingerprint density at radius 2 is 1.57 bits per heavy atom. The first-order valence-electron chi connectivity index (χ1n) is 6.85. The third-order valence-corrected chi connectivity index (χ3v) is 5.77. The lowest BCUT2D eigenvalue weighted by molar-refractivity contribution is 0.485. The third kappa shape index (κ3) is 5.76. The van der Waals surface area contributed by atoms with Gasteiger partial charge in [0.1, 0.15) is 0 Å². The van der Waals surface area contributed by atoms with Crippen molar-refractivity contribution in [3.05, 3.63) is 24.3 Å². The predicted molar refractivity (Wildman–Crippen MR) is 83.4 cm³/mol. The highest BCUT2D eigenvalue weighted by Gasteiger charge is 2.19. The second-order valence-electron chi connectivity index (χ2n) is 5.74. The Morgan fingerprint density at radius 3 is 2.10 bits per heavy atom. The van der Waals surface area contributed by atoms with Gasteiger partial charge >= 0.3 is 0 Å². The summed E-state index contributed by atoms with van der Waals surface area (Å²) in [6.45, 7) is 5.97. The maximum Gasteiger partial charge on any atom is 0.240 e. The molecule has 0 aliphatic carbocycles. The quantitative estimate of drug-likeness (QED) is 0.829. The molecule has 0 radical (unpaired) electrons. The Labute approximate surface area is 127 Å². The molecule has 0 aliphatic heterocycles. The van der Waals surface area contributed by atoms with Gasteiger partial charge in [-0.3, -0.25) is 0 Å². The molecule has 0 aliphatic rings. The van der Waals surface area contributed by atoms with Crippen LogP contribution in [0.1, 0.15) is 33.6 Å². The standard InChI is InChI=1S/C14H23NO4S2/c1-11(2)8-9-12(3)15-21(18,19)14-7-5-6-13(10-14)20(4,16)17/h5-7,10-12,15H,8-9H2,1-4H3. The molecule has 0 aromatic heterocycles.